The third-order valence-electron chi connectivity index (χ3n) is 8.11. The van der Waals surface area contributed by atoms with E-state index < -0.39 is 15.3 Å². The number of carbonyl (C=O) groups is 2. The van der Waals surface area contributed by atoms with Crippen LogP contribution in [-0.2, 0) is 21.2 Å². The topological polar surface area (TPSA) is 134 Å². The Hall–Kier alpha value is -4.19. The molecule has 0 radical (unpaired) electrons. The van der Waals surface area contributed by atoms with E-state index in [9.17, 15) is 18.0 Å². The lowest BCUT2D eigenvalue weighted by atomic mass is 9.91. The number of anilines is 4. The Balaban J connectivity index is 1.35. The molecule has 3 aromatic rings. The number of nitrogens with zero attached hydrogens (tertiary/aromatic N) is 4. The normalized spacial score (nSPS) is 16.9. The van der Waals surface area contributed by atoms with Gasteiger partial charge in [-0.15, -0.1) is 0 Å². The van der Waals surface area contributed by atoms with E-state index in [1.807, 2.05) is 13.8 Å². The van der Waals surface area contributed by atoms with Crippen molar-refractivity contribution in [1.29, 1.82) is 0 Å². The third kappa shape index (κ3) is 6.43. The molecular formula is C31H38N6O5S. The number of ether oxygens (including phenoxy) is 1. The highest BCUT2D eigenvalue weighted by Gasteiger charge is 2.41. The number of rotatable bonds is 8. The summed E-state index contributed by atoms with van der Waals surface area (Å²) in [4.78, 5) is 39.8. The van der Waals surface area contributed by atoms with Gasteiger partial charge in [-0.05, 0) is 62.6 Å². The third-order valence-corrected chi connectivity index (χ3v) is 9.24. The number of nitrogens with one attached hydrogen (secondary N) is 2. The second-order valence-electron chi connectivity index (χ2n) is 11.9. The van der Waals surface area contributed by atoms with Crippen molar-refractivity contribution >= 4 is 44.8 Å². The molecule has 2 aliphatic rings. The lowest BCUT2D eigenvalue weighted by Gasteiger charge is -2.34. The molecule has 11 nitrogen and oxygen atoms in total. The maximum Gasteiger partial charge on any atom is 0.251 e. The molecule has 0 bridgehead atoms. The van der Waals surface area contributed by atoms with Crippen molar-refractivity contribution in [2.24, 2.45) is 5.41 Å². The highest BCUT2D eigenvalue weighted by molar-refractivity contribution is 7.90. The molecule has 1 fully saturated rings. The summed E-state index contributed by atoms with van der Waals surface area (Å²) in [7, 11) is 0.00963. The number of carbonyl (C=O) groups excluding carboxylic acids is 2. The zero-order valence-electron chi connectivity index (χ0n) is 25.2. The number of benzene rings is 2. The molecule has 5 rings (SSSR count). The van der Waals surface area contributed by atoms with E-state index in [1.54, 1.807) is 48.5 Å². The van der Waals surface area contributed by atoms with Gasteiger partial charge in [0.1, 0.15) is 11.4 Å². The maximum absolute atomic E-state index is 13.3. The van der Waals surface area contributed by atoms with Gasteiger partial charge in [0, 0.05) is 38.0 Å². The first-order valence-electron chi connectivity index (χ1n) is 14.3. The van der Waals surface area contributed by atoms with Crippen molar-refractivity contribution in [1.82, 2.24) is 15.3 Å². The average molecular weight is 607 g/mol. The lowest BCUT2D eigenvalue weighted by molar-refractivity contribution is -0.125. The minimum Gasteiger partial charge on any atom is -0.495 e. The van der Waals surface area contributed by atoms with E-state index in [1.165, 1.54) is 19.2 Å². The maximum atomic E-state index is 13.3. The van der Waals surface area contributed by atoms with Gasteiger partial charge in [-0.2, -0.15) is 4.98 Å². The standard InChI is InChI=1S/C31H38N6O5S/c1-31(2)19-37(22-8-6-7-9-22)27-25(36(3)29(31)39)18-33-30(35-27)34-24-15-12-21(16-26(24)42-4)28(38)32-17-20-10-13-23(14-11-20)43(5,40)41/h10-16,18,22H,6-9,17,19H2,1-5H3,(H,32,38)(H,33,34,35). The Morgan fingerprint density at radius 1 is 1.12 bits per heavy atom. The number of sulfone groups is 1. The molecule has 2 heterocycles. The van der Waals surface area contributed by atoms with E-state index in [4.69, 9.17) is 9.72 Å². The van der Waals surface area contributed by atoms with Crippen molar-refractivity contribution in [3.63, 3.8) is 0 Å². The van der Waals surface area contributed by atoms with Gasteiger partial charge in [-0.25, -0.2) is 13.4 Å². The molecule has 1 aromatic heterocycles. The molecule has 43 heavy (non-hydrogen) atoms. The highest BCUT2D eigenvalue weighted by Crippen LogP contribution is 2.40. The Morgan fingerprint density at radius 2 is 1.81 bits per heavy atom. The quantitative estimate of drug-likeness (QED) is 0.385. The summed E-state index contributed by atoms with van der Waals surface area (Å²) in [6.07, 6.45) is 7.27. The minimum atomic E-state index is -3.28. The summed E-state index contributed by atoms with van der Waals surface area (Å²) in [5.74, 6) is 1.24. The number of aromatic nitrogens is 2. The fraction of sp³-hybridized carbons (Fsp3) is 0.419. The molecule has 12 heteroatoms. The van der Waals surface area contributed by atoms with Crippen LogP contribution in [0, 0.1) is 5.41 Å². The summed E-state index contributed by atoms with van der Waals surface area (Å²) >= 11 is 0. The van der Waals surface area contributed by atoms with Crippen LogP contribution in [0.25, 0.3) is 0 Å². The van der Waals surface area contributed by atoms with Crippen LogP contribution >= 0.6 is 0 Å². The summed E-state index contributed by atoms with van der Waals surface area (Å²) < 4.78 is 29.0. The molecule has 1 saturated carbocycles. The van der Waals surface area contributed by atoms with E-state index >= 15 is 0 Å². The van der Waals surface area contributed by atoms with Crippen molar-refractivity contribution in [3.8, 4) is 5.75 Å². The van der Waals surface area contributed by atoms with E-state index in [0.717, 1.165) is 43.3 Å². The van der Waals surface area contributed by atoms with Crippen molar-refractivity contribution in [2.45, 2.75) is 57.0 Å². The smallest absolute Gasteiger partial charge is 0.251 e. The van der Waals surface area contributed by atoms with Crippen LogP contribution in [0.5, 0.6) is 5.75 Å². The van der Waals surface area contributed by atoms with E-state index in [-0.39, 0.29) is 23.3 Å². The zero-order chi connectivity index (χ0) is 30.9. The van der Waals surface area contributed by atoms with E-state index in [0.29, 0.717) is 41.2 Å². The molecule has 0 saturated heterocycles. The predicted molar refractivity (Wildman–Crippen MR) is 166 cm³/mol. The second-order valence-corrected chi connectivity index (χ2v) is 13.9. The number of methoxy groups -OCH3 is 1. The van der Waals surface area contributed by atoms with Crippen LogP contribution < -0.4 is 25.2 Å². The molecule has 2 N–H and O–H groups in total. The van der Waals surface area contributed by atoms with Crippen LogP contribution in [-0.4, -0.2) is 63.2 Å². The largest absolute Gasteiger partial charge is 0.495 e. The fourth-order valence-electron chi connectivity index (χ4n) is 5.72. The molecule has 0 spiro atoms. The summed E-state index contributed by atoms with van der Waals surface area (Å²) in [6, 6.07) is 11.7. The number of hydrogen-bond acceptors (Lipinski definition) is 9. The first-order chi connectivity index (χ1) is 20.4. The Labute approximate surface area is 252 Å². The highest BCUT2D eigenvalue weighted by atomic mass is 32.2. The molecule has 0 atom stereocenters. The first-order valence-corrected chi connectivity index (χ1v) is 16.2. The molecular weight excluding hydrogens is 568 g/mol. The number of fused-ring (bicyclic) bond motifs is 1. The van der Waals surface area contributed by atoms with Gasteiger partial charge in [-0.3, -0.25) is 9.59 Å². The fourth-order valence-corrected chi connectivity index (χ4v) is 6.35. The predicted octanol–water partition coefficient (Wildman–Crippen LogP) is 4.31. The Kier molecular flexibility index (Phi) is 8.33. The summed E-state index contributed by atoms with van der Waals surface area (Å²) in [6.45, 7) is 4.76. The van der Waals surface area contributed by atoms with Gasteiger partial charge in [-0.1, -0.05) is 25.0 Å². The monoisotopic (exact) mass is 606 g/mol. The first kappa shape index (κ1) is 30.3. The lowest BCUT2D eigenvalue weighted by Crippen LogP contribution is -2.45. The van der Waals surface area contributed by atoms with Crippen LogP contribution in [0.15, 0.2) is 53.6 Å². The number of amides is 2. The second kappa shape index (κ2) is 11.8. The van der Waals surface area contributed by atoms with Crippen LogP contribution in [0.4, 0.5) is 23.1 Å². The van der Waals surface area contributed by atoms with Crippen LogP contribution in [0.3, 0.4) is 0 Å². The molecule has 2 aromatic carbocycles. The average Bonchev–Trinajstić information content (AvgIpc) is 3.51. The summed E-state index contributed by atoms with van der Waals surface area (Å²) in [5, 5.41) is 6.09. The van der Waals surface area contributed by atoms with Crippen molar-refractivity contribution < 1.29 is 22.7 Å². The van der Waals surface area contributed by atoms with Gasteiger partial charge >= 0.3 is 0 Å². The number of hydrogen-bond donors (Lipinski definition) is 2. The molecule has 2 amide bonds. The van der Waals surface area contributed by atoms with Crippen molar-refractivity contribution in [2.75, 3.05) is 42.1 Å². The zero-order valence-corrected chi connectivity index (χ0v) is 26.0. The van der Waals surface area contributed by atoms with Gasteiger partial charge in [0.25, 0.3) is 5.91 Å². The molecule has 1 aliphatic carbocycles. The van der Waals surface area contributed by atoms with Gasteiger partial charge < -0.3 is 25.2 Å². The van der Waals surface area contributed by atoms with E-state index in [2.05, 4.69) is 20.5 Å². The van der Waals surface area contributed by atoms with Gasteiger partial charge in [0.05, 0.1) is 29.3 Å². The van der Waals surface area contributed by atoms with Crippen LogP contribution in [0.2, 0.25) is 0 Å². The summed E-state index contributed by atoms with van der Waals surface area (Å²) in [5.41, 5.74) is 1.85. The van der Waals surface area contributed by atoms with Gasteiger partial charge in [0.15, 0.2) is 15.7 Å². The minimum absolute atomic E-state index is 0.0278. The van der Waals surface area contributed by atoms with Crippen LogP contribution in [0.1, 0.15) is 55.5 Å². The van der Waals surface area contributed by atoms with Crippen molar-refractivity contribution in [3.05, 3.63) is 59.8 Å². The molecule has 228 valence electrons. The SMILES string of the molecule is COc1cc(C(=O)NCc2ccc(S(C)(=O)=O)cc2)ccc1Nc1ncc2c(n1)N(C1CCCC1)CC(C)(C)C(=O)N2C. The molecule has 0 unspecified atom stereocenters. The molecule has 1 aliphatic heterocycles. The Morgan fingerprint density at radius 3 is 2.47 bits per heavy atom. The van der Waals surface area contributed by atoms with Gasteiger partial charge in [0.2, 0.25) is 11.9 Å². The Bertz CT molecular complexity index is 1630.